The van der Waals surface area contributed by atoms with Crippen molar-refractivity contribution in [3.63, 3.8) is 0 Å². The Balaban J connectivity index is 1.21. The predicted octanol–water partition coefficient (Wildman–Crippen LogP) is 14.8. The Morgan fingerprint density at radius 2 is 1.08 bits per heavy atom. The average Bonchev–Trinajstić information content (AvgIpc) is 4.14. The molecule has 3 aliphatic rings. The summed E-state index contributed by atoms with van der Waals surface area (Å²) in [5, 5.41) is 0. The molecular weight excluding hydrogens is 981 g/mol. The van der Waals surface area contributed by atoms with Gasteiger partial charge in [-0.05, 0) is 112 Å². The maximum absolute atomic E-state index is 17.5. The lowest BCUT2D eigenvalue weighted by atomic mass is 9.87. The SMILES string of the molecule is CC(C)(C)CC(=O)N1CCC[C@H]1c1nc2cc([C@H]3CC[C@H](c4cc5nc(C6CCCN6C(=O)OC(C)(C)C)n(COCC[Si](C)(C)C)c5cc4F)N3c3ccc(C(C)(C)C)cc3)c(F)cc2n1COCC[Si](C)(C)C. The van der Waals surface area contributed by atoms with Crippen molar-refractivity contribution in [1.82, 2.24) is 28.9 Å². The zero-order valence-corrected chi connectivity index (χ0v) is 50.0. The van der Waals surface area contributed by atoms with E-state index in [1.807, 2.05) is 46.9 Å². The third-order valence-electron chi connectivity index (χ3n) is 15.1. The van der Waals surface area contributed by atoms with E-state index in [9.17, 15) is 9.59 Å². The quantitative estimate of drug-likeness (QED) is 0.0710. The van der Waals surface area contributed by atoms with Crippen molar-refractivity contribution < 1.29 is 32.6 Å². The minimum Gasteiger partial charge on any atom is -0.444 e. The highest BCUT2D eigenvalue weighted by Gasteiger charge is 2.42. The maximum Gasteiger partial charge on any atom is 0.410 e. The minimum absolute atomic E-state index is 0.0979. The second-order valence-electron chi connectivity index (χ2n) is 27.3. The first-order chi connectivity index (χ1) is 35.0. The molecule has 12 nitrogen and oxygen atoms in total. The van der Waals surface area contributed by atoms with E-state index in [1.165, 1.54) is 0 Å². The topological polar surface area (TPSA) is 107 Å². The van der Waals surface area contributed by atoms with Crippen LogP contribution in [0.2, 0.25) is 51.4 Å². The van der Waals surface area contributed by atoms with Crippen LogP contribution in [0.1, 0.15) is 160 Å². The van der Waals surface area contributed by atoms with Crippen LogP contribution in [0.5, 0.6) is 0 Å². The molecule has 0 saturated carbocycles. The summed E-state index contributed by atoms with van der Waals surface area (Å²) >= 11 is 0. The molecule has 5 aromatic rings. The second-order valence-corrected chi connectivity index (χ2v) is 38.6. The van der Waals surface area contributed by atoms with E-state index < -0.39 is 39.9 Å². The van der Waals surface area contributed by atoms with Crippen LogP contribution in [0.15, 0.2) is 48.5 Å². The molecule has 2 aromatic heterocycles. The van der Waals surface area contributed by atoms with Crippen LogP contribution in [-0.2, 0) is 37.9 Å². The van der Waals surface area contributed by atoms with Crippen LogP contribution < -0.4 is 4.90 Å². The monoisotopic (exact) mass is 1070 g/mol. The zero-order valence-electron chi connectivity index (χ0n) is 48.0. The van der Waals surface area contributed by atoms with Crippen LogP contribution in [0.3, 0.4) is 0 Å². The van der Waals surface area contributed by atoms with Crippen molar-refractivity contribution in [2.24, 2.45) is 5.41 Å². The summed E-state index contributed by atoms with van der Waals surface area (Å²) < 4.78 is 57.5. The van der Waals surface area contributed by atoms with Gasteiger partial charge in [0.05, 0.1) is 46.2 Å². The molecule has 0 bridgehead atoms. The maximum atomic E-state index is 17.5. The Hall–Kier alpha value is -4.65. The van der Waals surface area contributed by atoms with E-state index in [0.717, 1.165) is 48.4 Å². The van der Waals surface area contributed by atoms with E-state index >= 15 is 8.78 Å². The highest BCUT2D eigenvalue weighted by Crippen LogP contribution is 2.50. The van der Waals surface area contributed by atoms with Crippen LogP contribution >= 0.6 is 0 Å². The molecule has 0 aliphatic carbocycles. The first-order valence-corrected chi connectivity index (χ1v) is 35.1. The van der Waals surface area contributed by atoms with Gasteiger partial charge < -0.3 is 33.1 Å². The van der Waals surface area contributed by atoms with Crippen molar-refractivity contribution in [2.75, 3.05) is 31.2 Å². The zero-order chi connectivity index (χ0) is 54.6. The molecule has 4 atom stereocenters. The van der Waals surface area contributed by atoms with Crippen LogP contribution in [0.25, 0.3) is 22.1 Å². The molecule has 2 amide bonds. The summed E-state index contributed by atoms with van der Waals surface area (Å²) in [6, 6.07) is 15.7. The van der Waals surface area contributed by atoms with Crippen molar-refractivity contribution in [3.8, 4) is 0 Å². The number of hydrogen-bond acceptors (Lipinski definition) is 8. The summed E-state index contributed by atoms with van der Waals surface area (Å²) in [6.45, 7) is 35.0. The van der Waals surface area contributed by atoms with Gasteiger partial charge in [-0.25, -0.2) is 23.5 Å². The summed E-state index contributed by atoms with van der Waals surface area (Å²) in [6.07, 6.45) is 4.20. The van der Waals surface area contributed by atoms with Gasteiger partial charge in [0.1, 0.15) is 42.3 Å². The number of aromatic nitrogens is 4. The molecule has 16 heteroatoms. The third-order valence-corrected chi connectivity index (χ3v) is 18.5. The Bertz CT molecular complexity index is 2690. The fourth-order valence-corrected chi connectivity index (χ4v) is 12.6. The number of carbonyl (C=O) groups is 2. The molecule has 1 unspecified atom stereocenters. The molecular formula is C59H87F2N7O5Si2. The largest absolute Gasteiger partial charge is 0.444 e. The van der Waals surface area contributed by atoms with Crippen molar-refractivity contribution >= 4 is 55.9 Å². The normalized spacial score (nSPS) is 20.1. The number of nitrogens with zero attached hydrogens (tertiary/aromatic N) is 7. The molecule has 410 valence electrons. The van der Waals surface area contributed by atoms with Gasteiger partial charge in [0.25, 0.3) is 0 Å². The predicted molar refractivity (Wildman–Crippen MR) is 303 cm³/mol. The molecule has 3 aliphatic heterocycles. The van der Waals surface area contributed by atoms with Gasteiger partial charge in [-0.15, -0.1) is 0 Å². The number of amides is 2. The number of halogens is 2. The van der Waals surface area contributed by atoms with E-state index in [-0.39, 0.29) is 53.9 Å². The van der Waals surface area contributed by atoms with Crippen molar-refractivity contribution in [3.05, 3.63) is 88.5 Å². The van der Waals surface area contributed by atoms with Crippen molar-refractivity contribution in [2.45, 2.75) is 207 Å². The highest BCUT2D eigenvalue weighted by atomic mass is 28.3. The molecule has 75 heavy (non-hydrogen) atoms. The first-order valence-electron chi connectivity index (χ1n) is 27.7. The molecule has 0 N–H and O–H groups in total. The first kappa shape index (κ1) is 56.6. The smallest absolute Gasteiger partial charge is 0.410 e. The summed E-state index contributed by atoms with van der Waals surface area (Å²) in [5.74, 6) is 0.708. The van der Waals surface area contributed by atoms with E-state index in [4.69, 9.17) is 24.2 Å². The molecule has 3 saturated heterocycles. The van der Waals surface area contributed by atoms with Crippen LogP contribution in [-0.4, -0.2) is 89.0 Å². The fraction of sp³-hybridized carbons (Fsp3) is 0.627. The Labute approximate surface area is 447 Å². The number of imidazole rings is 2. The molecule has 5 heterocycles. The summed E-state index contributed by atoms with van der Waals surface area (Å²) in [7, 11) is -2.81. The third kappa shape index (κ3) is 13.2. The molecule has 3 aromatic carbocycles. The van der Waals surface area contributed by atoms with E-state index in [0.29, 0.717) is 91.0 Å². The standard InChI is InChI=1S/C59H87F2N7O5Si2/c1-57(2,3)36-53(69)64-26-16-18-49(64)54-62-45-32-41(43(60)34-51(45)66(54)37-71-28-30-74(10,11)12)47-24-25-48(68(47)40-22-20-39(21-23-40)58(4,5)6)42-33-46-52(35-44(42)61)67(38-72-29-31-75(13,14)15)55(63-46)50-19-17-27-65(50)56(70)73-59(7,8)9/h20-23,32-35,47-50H,16-19,24-31,36-38H2,1-15H3/t47-,48-,49+,50?/m1/s1. The lowest BCUT2D eigenvalue weighted by molar-refractivity contribution is -0.134. The number of likely N-dealkylation sites (tertiary alicyclic amines) is 2. The molecule has 0 spiro atoms. The molecule has 3 fully saturated rings. The van der Waals surface area contributed by atoms with Gasteiger partial charge in [-0.2, -0.15) is 0 Å². The molecule has 0 radical (unpaired) electrons. The Morgan fingerprint density at radius 1 is 0.627 bits per heavy atom. The summed E-state index contributed by atoms with van der Waals surface area (Å²) in [4.78, 5) is 44.0. The van der Waals surface area contributed by atoms with Gasteiger partial charge in [0.15, 0.2) is 0 Å². The van der Waals surface area contributed by atoms with E-state index in [1.54, 1.807) is 17.0 Å². The number of rotatable bonds is 16. The Morgan fingerprint density at radius 3 is 1.51 bits per heavy atom. The van der Waals surface area contributed by atoms with Crippen LogP contribution in [0, 0.1) is 17.0 Å². The number of anilines is 1. The minimum atomic E-state index is -1.41. The van der Waals surface area contributed by atoms with E-state index in [2.05, 4.69) is 110 Å². The number of fused-ring (bicyclic) bond motifs is 2. The average molecular weight is 1070 g/mol. The summed E-state index contributed by atoms with van der Waals surface area (Å²) in [5.41, 5.74) is 4.49. The number of ether oxygens (including phenoxy) is 3. The van der Waals surface area contributed by atoms with Crippen molar-refractivity contribution in [1.29, 1.82) is 0 Å². The Kier molecular flexibility index (Phi) is 16.3. The number of carbonyl (C=O) groups excluding carboxylic acids is 2. The second kappa shape index (κ2) is 21.6. The van der Waals surface area contributed by atoms with Gasteiger partial charge in [-0.1, -0.05) is 93.0 Å². The number of benzene rings is 3. The molecule has 8 rings (SSSR count). The van der Waals surface area contributed by atoms with Crippen LogP contribution in [0.4, 0.5) is 19.3 Å². The van der Waals surface area contributed by atoms with Gasteiger partial charge >= 0.3 is 6.09 Å². The van der Waals surface area contributed by atoms with Gasteiger partial charge in [0, 0.05) is 77.8 Å². The van der Waals surface area contributed by atoms with Gasteiger partial charge in [0.2, 0.25) is 5.91 Å². The fourth-order valence-electron chi connectivity index (χ4n) is 11.1. The highest BCUT2D eigenvalue weighted by molar-refractivity contribution is 6.76. The number of hydrogen-bond donors (Lipinski definition) is 0. The van der Waals surface area contributed by atoms with Gasteiger partial charge in [-0.3, -0.25) is 9.69 Å². The lowest BCUT2D eigenvalue weighted by Crippen LogP contribution is -2.37. The lowest BCUT2D eigenvalue weighted by Gasteiger charge is -2.34.